The highest BCUT2D eigenvalue weighted by atomic mass is 14.9. The molecule has 0 radical (unpaired) electrons. The van der Waals surface area contributed by atoms with Gasteiger partial charge in [0, 0.05) is 11.8 Å². The fourth-order valence-electron chi connectivity index (χ4n) is 1.55. The molecule has 0 atom stereocenters. The molecule has 0 aliphatic rings. The van der Waals surface area contributed by atoms with Gasteiger partial charge in [-0.25, -0.2) is 4.99 Å². The van der Waals surface area contributed by atoms with E-state index < -0.39 is 0 Å². The summed E-state index contributed by atoms with van der Waals surface area (Å²) in [5.74, 6) is 0.490. The van der Waals surface area contributed by atoms with Crippen molar-refractivity contribution in [2.45, 2.75) is 0 Å². The number of aliphatic imine (C=N–C) groups is 1. The van der Waals surface area contributed by atoms with Gasteiger partial charge in [-0.1, -0.05) is 30.3 Å². The Morgan fingerprint density at radius 1 is 1.31 bits per heavy atom. The molecule has 0 spiro atoms. The summed E-state index contributed by atoms with van der Waals surface area (Å²) in [6.45, 7) is 0. The third-order valence-electron chi connectivity index (χ3n) is 2.26. The van der Waals surface area contributed by atoms with Gasteiger partial charge in [0.15, 0.2) is 0 Å². The number of rotatable bonds is 2. The zero-order chi connectivity index (χ0) is 11.4. The maximum atomic E-state index is 9.09. The predicted octanol–water partition coefficient (Wildman–Crippen LogP) is 2.17. The van der Waals surface area contributed by atoms with Crippen LogP contribution < -0.4 is 5.73 Å². The number of benzene rings is 1. The lowest BCUT2D eigenvalue weighted by Gasteiger charge is -1.97. The molecule has 1 heterocycles. The first-order valence-electron chi connectivity index (χ1n) is 4.78. The summed E-state index contributed by atoms with van der Waals surface area (Å²) >= 11 is 0. The molecule has 0 saturated carbocycles. The van der Waals surface area contributed by atoms with E-state index in [-0.39, 0.29) is 0 Å². The van der Waals surface area contributed by atoms with Gasteiger partial charge in [-0.05, 0) is 5.56 Å². The number of nitrogens with two attached hydrogens (primary N) is 1. The van der Waals surface area contributed by atoms with Crippen LogP contribution in [-0.2, 0) is 0 Å². The van der Waals surface area contributed by atoms with Crippen molar-refractivity contribution in [2.24, 2.45) is 10.7 Å². The monoisotopic (exact) mass is 210 g/mol. The average molecular weight is 210 g/mol. The molecule has 0 aliphatic heterocycles. The smallest absolute Gasteiger partial charge is 0.150 e. The SMILES string of the molecule is N#Cc1c(-c2ccccc2)c[nH]c1N=CN. The van der Waals surface area contributed by atoms with Crippen molar-refractivity contribution >= 4 is 12.2 Å². The van der Waals surface area contributed by atoms with Crippen LogP contribution in [0.5, 0.6) is 0 Å². The van der Waals surface area contributed by atoms with E-state index in [1.807, 2.05) is 30.3 Å². The van der Waals surface area contributed by atoms with Crippen LogP contribution in [-0.4, -0.2) is 11.3 Å². The van der Waals surface area contributed by atoms with E-state index in [4.69, 9.17) is 11.0 Å². The normalized spacial score (nSPS) is 10.4. The Morgan fingerprint density at radius 3 is 2.69 bits per heavy atom. The number of aromatic amines is 1. The van der Waals surface area contributed by atoms with Crippen LogP contribution in [0.4, 0.5) is 5.82 Å². The van der Waals surface area contributed by atoms with Crippen molar-refractivity contribution in [3.63, 3.8) is 0 Å². The average Bonchev–Trinajstić information content (AvgIpc) is 2.73. The van der Waals surface area contributed by atoms with Crippen LogP contribution in [0.3, 0.4) is 0 Å². The van der Waals surface area contributed by atoms with Gasteiger partial charge in [0.25, 0.3) is 0 Å². The van der Waals surface area contributed by atoms with E-state index in [1.54, 1.807) is 6.20 Å². The second kappa shape index (κ2) is 4.32. The Hall–Kier alpha value is -2.54. The maximum absolute atomic E-state index is 9.09. The number of nitriles is 1. The summed E-state index contributed by atoms with van der Waals surface area (Å²) in [7, 11) is 0. The first kappa shape index (κ1) is 9.99. The van der Waals surface area contributed by atoms with Crippen LogP contribution in [0.15, 0.2) is 41.5 Å². The quantitative estimate of drug-likeness (QED) is 0.588. The lowest BCUT2D eigenvalue weighted by molar-refractivity contribution is 1.33. The van der Waals surface area contributed by atoms with E-state index in [1.165, 1.54) is 6.34 Å². The summed E-state index contributed by atoms with van der Waals surface area (Å²) in [5.41, 5.74) is 7.54. The van der Waals surface area contributed by atoms with Gasteiger partial charge in [0.05, 0.1) is 6.34 Å². The second-order valence-corrected chi connectivity index (χ2v) is 3.18. The third kappa shape index (κ3) is 1.66. The largest absolute Gasteiger partial charge is 0.390 e. The molecule has 0 saturated heterocycles. The van der Waals surface area contributed by atoms with E-state index in [2.05, 4.69) is 16.0 Å². The summed E-state index contributed by atoms with van der Waals surface area (Å²) in [5, 5.41) is 9.09. The number of hydrogen-bond acceptors (Lipinski definition) is 2. The molecule has 0 amide bonds. The van der Waals surface area contributed by atoms with Gasteiger partial charge >= 0.3 is 0 Å². The second-order valence-electron chi connectivity index (χ2n) is 3.18. The van der Waals surface area contributed by atoms with E-state index in [0.717, 1.165) is 11.1 Å². The molecule has 2 rings (SSSR count). The Bertz CT molecular complexity index is 546. The molecule has 0 aliphatic carbocycles. The summed E-state index contributed by atoms with van der Waals surface area (Å²) in [4.78, 5) is 6.82. The molecule has 2 aromatic rings. The number of H-pyrrole nitrogens is 1. The Morgan fingerprint density at radius 2 is 2.06 bits per heavy atom. The van der Waals surface area contributed by atoms with Gasteiger partial charge < -0.3 is 10.7 Å². The van der Waals surface area contributed by atoms with Crippen molar-refractivity contribution < 1.29 is 0 Å². The molecule has 4 heteroatoms. The molecule has 4 nitrogen and oxygen atoms in total. The Kier molecular flexibility index (Phi) is 2.70. The molecule has 1 aromatic heterocycles. The van der Waals surface area contributed by atoms with E-state index in [0.29, 0.717) is 11.4 Å². The van der Waals surface area contributed by atoms with Crippen molar-refractivity contribution in [1.82, 2.24) is 4.98 Å². The fraction of sp³-hybridized carbons (Fsp3) is 0. The third-order valence-corrected chi connectivity index (χ3v) is 2.26. The highest BCUT2D eigenvalue weighted by Crippen LogP contribution is 2.29. The first-order valence-corrected chi connectivity index (χ1v) is 4.78. The van der Waals surface area contributed by atoms with Crippen molar-refractivity contribution in [2.75, 3.05) is 0 Å². The van der Waals surface area contributed by atoms with Gasteiger partial charge in [-0.3, -0.25) is 0 Å². The first-order chi connectivity index (χ1) is 7.86. The highest BCUT2D eigenvalue weighted by molar-refractivity contribution is 5.77. The zero-order valence-corrected chi connectivity index (χ0v) is 8.51. The van der Waals surface area contributed by atoms with E-state index >= 15 is 0 Å². The summed E-state index contributed by atoms with van der Waals surface area (Å²) in [6.07, 6.45) is 2.93. The van der Waals surface area contributed by atoms with Crippen LogP contribution in [0.1, 0.15) is 5.56 Å². The molecule has 3 N–H and O–H groups in total. The molecular weight excluding hydrogens is 200 g/mol. The Labute approximate surface area is 93.1 Å². The number of aromatic nitrogens is 1. The lowest BCUT2D eigenvalue weighted by atomic mass is 10.1. The predicted molar refractivity (Wildman–Crippen MR) is 63.3 cm³/mol. The maximum Gasteiger partial charge on any atom is 0.150 e. The molecular formula is C12H10N4. The van der Waals surface area contributed by atoms with Crippen molar-refractivity contribution in [1.29, 1.82) is 5.26 Å². The van der Waals surface area contributed by atoms with Crippen LogP contribution in [0.2, 0.25) is 0 Å². The van der Waals surface area contributed by atoms with Crippen molar-refractivity contribution in [3.05, 3.63) is 42.1 Å². The molecule has 1 aromatic carbocycles. The molecule has 0 fully saturated rings. The molecule has 16 heavy (non-hydrogen) atoms. The minimum Gasteiger partial charge on any atom is -0.390 e. The topological polar surface area (TPSA) is 78.0 Å². The summed E-state index contributed by atoms with van der Waals surface area (Å²) in [6, 6.07) is 11.8. The minimum atomic E-state index is 0.490. The van der Waals surface area contributed by atoms with Crippen LogP contribution in [0.25, 0.3) is 11.1 Å². The number of hydrogen-bond donors (Lipinski definition) is 2. The zero-order valence-electron chi connectivity index (χ0n) is 8.51. The van der Waals surface area contributed by atoms with Gasteiger partial charge in [-0.2, -0.15) is 5.26 Å². The number of nitrogens with one attached hydrogen (secondary N) is 1. The van der Waals surface area contributed by atoms with Gasteiger partial charge in [0.2, 0.25) is 0 Å². The minimum absolute atomic E-state index is 0.490. The highest BCUT2D eigenvalue weighted by Gasteiger charge is 2.10. The van der Waals surface area contributed by atoms with Crippen molar-refractivity contribution in [3.8, 4) is 17.2 Å². The summed E-state index contributed by atoms with van der Waals surface area (Å²) < 4.78 is 0. The van der Waals surface area contributed by atoms with Crippen LogP contribution >= 0.6 is 0 Å². The number of nitrogens with zero attached hydrogens (tertiary/aromatic N) is 2. The fourth-order valence-corrected chi connectivity index (χ4v) is 1.55. The van der Waals surface area contributed by atoms with E-state index in [9.17, 15) is 0 Å². The van der Waals surface area contributed by atoms with Gasteiger partial charge in [-0.15, -0.1) is 0 Å². The molecule has 0 unspecified atom stereocenters. The molecule has 78 valence electrons. The lowest BCUT2D eigenvalue weighted by Crippen LogP contribution is -1.87. The van der Waals surface area contributed by atoms with Crippen LogP contribution in [0, 0.1) is 11.3 Å². The standard InChI is InChI=1S/C12H10N4/c13-6-10-11(7-15-12(10)16-8-14)9-4-2-1-3-5-9/h1-5,7-8,15H,(H2,14,16). The van der Waals surface area contributed by atoms with Gasteiger partial charge in [0.1, 0.15) is 17.5 Å². The Balaban J connectivity index is 2.56. The molecule has 0 bridgehead atoms.